The molecule has 0 saturated heterocycles. The first kappa shape index (κ1) is 8.85. The van der Waals surface area contributed by atoms with Crippen LogP contribution in [0.5, 0.6) is 5.75 Å². The summed E-state index contributed by atoms with van der Waals surface area (Å²) in [7, 11) is 0. The van der Waals surface area contributed by atoms with Crippen molar-refractivity contribution in [3.8, 4) is 5.75 Å². The Labute approximate surface area is 73.7 Å². The molecule has 0 bridgehead atoms. The van der Waals surface area contributed by atoms with Gasteiger partial charge in [-0.2, -0.15) is 0 Å². The molecular formula is C11H13O. The van der Waals surface area contributed by atoms with E-state index < -0.39 is 0 Å². The number of ether oxygens (including phenoxy) is 1. The lowest BCUT2D eigenvalue weighted by molar-refractivity contribution is 0.340. The second kappa shape index (κ2) is 4.60. The molecular weight excluding hydrogens is 148 g/mol. The molecule has 1 aromatic carbocycles. The average Bonchev–Trinajstić information content (AvgIpc) is 2.09. The van der Waals surface area contributed by atoms with E-state index in [0.29, 0.717) is 6.61 Å². The van der Waals surface area contributed by atoms with E-state index in [1.165, 1.54) is 0 Å². The molecule has 0 heterocycles. The van der Waals surface area contributed by atoms with E-state index in [1.807, 2.05) is 37.6 Å². The molecule has 63 valence electrons. The second-order valence-electron chi connectivity index (χ2n) is 2.40. The summed E-state index contributed by atoms with van der Waals surface area (Å²) in [5.74, 6) is 0.915. The molecule has 1 aromatic rings. The number of rotatable bonds is 4. The first-order valence-electron chi connectivity index (χ1n) is 4.05. The van der Waals surface area contributed by atoms with E-state index in [0.717, 1.165) is 11.3 Å². The van der Waals surface area contributed by atoms with Crippen LogP contribution >= 0.6 is 0 Å². The predicted octanol–water partition coefficient (Wildman–Crippen LogP) is 2.82. The first-order valence-corrected chi connectivity index (χ1v) is 4.05. The van der Waals surface area contributed by atoms with Gasteiger partial charge in [-0.1, -0.05) is 18.2 Å². The minimum Gasteiger partial charge on any atom is -0.494 e. The minimum atomic E-state index is 0.713. The van der Waals surface area contributed by atoms with Crippen LogP contribution in [0.3, 0.4) is 0 Å². The molecule has 1 heteroatoms. The Balaban J connectivity index is 2.64. The van der Waals surface area contributed by atoms with E-state index in [4.69, 9.17) is 4.74 Å². The number of hydrogen-bond donors (Lipinski definition) is 0. The Bertz CT molecular complexity index is 236. The minimum absolute atomic E-state index is 0.713. The summed E-state index contributed by atoms with van der Waals surface area (Å²) in [6.07, 6.45) is 3.73. The molecule has 12 heavy (non-hydrogen) atoms. The van der Waals surface area contributed by atoms with Gasteiger partial charge in [0.05, 0.1) is 6.61 Å². The lowest BCUT2D eigenvalue weighted by Crippen LogP contribution is -1.90. The van der Waals surface area contributed by atoms with Crippen LogP contribution in [0.15, 0.2) is 36.9 Å². The molecule has 0 aromatic heterocycles. The Hall–Kier alpha value is -1.24. The zero-order valence-corrected chi connectivity index (χ0v) is 7.29. The summed E-state index contributed by atoms with van der Waals surface area (Å²) in [5.41, 5.74) is 1.15. The van der Waals surface area contributed by atoms with Gasteiger partial charge in [-0.05, 0) is 24.6 Å². The van der Waals surface area contributed by atoms with Gasteiger partial charge >= 0.3 is 0 Å². The van der Waals surface area contributed by atoms with Crippen molar-refractivity contribution >= 4 is 0 Å². The quantitative estimate of drug-likeness (QED) is 0.659. The maximum absolute atomic E-state index is 5.30. The van der Waals surface area contributed by atoms with Gasteiger partial charge in [0.25, 0.3) is 0 Å². The Morgan fingerprint density at radius 2 is 2.00 bits per heavy atom. The summed E-state index contributed by atoms with van der Waals surface area (Å²) in [4.78, 5) is 0. The molecule has 0 atom stereocenters. The van der Waals surface area contributed by atoms with E-state index in [2.05, 4.69) is 6.58 Å². The first-order chi connectivity index (χ1) is 5.86. The normalized spacial score (nSPS) is 9.42. The zero-order valence-electron chi connectivity index (χ0n) is 7.29. The fourth-order valence-corrected chi connectivity index (χ4v) is 0.978. The van der Waals surface area contributed by atoms with Crippen LogP contribution in [0.1, 0.15) is 12.5 Å². The highest BCUT2D eigenvalue weighted by Gasteiger charge is 1.91. The van der Waals surface area contributed by atoms with Crippen molar-refractivity contribution in [3.05, 3.63) is 48.9 Å². The van der Waals surface area contributed by atoms with Crippen molar-refractivity contribution < 1.29 is 4.74 Å². The van der Waals surface area contributed by atoms with Crippen molar-refractivity contribution in [2.24, 2.45) is 0 Å². The lowest BCUT2D eigenvalue weighted by atomic mass is 10.1. The monoisotopic (exact) mass is 161 g/mol. The summed E-state index contributed by atoms with van der Waals surface area (Å²) < 4.78 is 5.30. The Kier molecular flexibility index (Phi) is 3.39. The van der Waals surface area contributed by atoms with Gasteiger partial charge in [0.1, 0.15) is 5.75 Å². The molecule has 0 spiro atoms. The molecule has 1 rings (SSSR count). The van der Waals surface area contributed by atoms with Gasteiger partial charge in [0, 0.05) is 6.42 Å². The summed E-state index contributed by atoms with van der Waals surface area (Å²) in [5, 5.41) is 0. The summed E-state index contributed by atoms with van der Waals surface area (Å²) in [6, 6.07) is 7.93. The van der Waals surface area contributed by atoms with Crippen molar-refractivity contribution in [1.82, 2.24) is 0 Å². The van der Waals surface area contributed by atoms with Crippen LogP contribution in [0, 0.1) is 6.42 Å². The number of hydrogen-bond acceptors (Lipinski definition) is 1. The van der Waals surface area contributed by atoms with Crippen LogP contribution in [0.25, 0.3) is 0 Å². The van der Waals surface area contributed by atoms with Crippen molar-refractivity contribution in [2.75, 3.05) is 6.61 Å². The third kappa shape index (κ3) is 2.42. The highest BCUT2D eigenvalue weighted by Crippen LogP contribution is 2.13. The van der Waals surface area contributed by atoms with Crippen LogP contribution in [0.4, 0.5) is 0 Å². The second-order valence-corrected chi connectivity index (χ2v) is 2.40. The predicted molar refractivity (Wildman–Crippen MR) is 51.2 cm³/mol. The average molecular weight is 161 g/mol. The third-order valence-corrected chi connectivity index (χ3v) is 1.50. The fraction of sp³-hybridized carbons (Fsp3) is 0.182. The topological polar surface area (TPSA) is 9.23 Å². The fourth-order valence-electron chi connectivity index (χ4n) is 0.978. The smallest absolute Gasteiger partial charge is 0.119 e. The third-order valence-electron chi connectivity index (χ3n) is 1.50. The van der Waals surface area contributed by atoms with Gasteiger partial charge in [0.2, 0.25) is 0 Å². The SMILES string of the molecule is C=C[CH]c1ccc(OCC)cc1. The molecule has 0 aliphatic heterocycles. The molecule has 0 fully saturated rings. The van der Waals surface area contributed by atoms with E-state index in [9.17, 15) is 0 Å². The van der Waals surface area contributed by atoms with Crippen molar-refractivity contribution in [2.45, 2.75) is 6.92 Å². The highest BCUT2D eigenvalue weighted by atomic mass is 16.5. The van der Waals surface area contributed by atoms with Crippen molar-refractivity contribution in [1.29, 1.82) is 0 Å². The molecule has 0 saturated carbocycles. The van der Waals surface area contributed by atoms with Gasteiger partial charge in [-0.3, -0.25) is 0 Å². The highest BCUT2D eigenvalue weighted by molar-refractivity contribution is 5.33. The van der Waals surface area contributed by atoms with Gasteiger partial charge in [0.15, 0.2) is 0 Å². The zero-order chi connectivity index (χ0) is 8.81. The summed E-state index contributed by atoms with van der Waals surface area (Å²) in [6.45, 7) is 6.32. The van der Waals surface area contributed by atoms with Gasteiger partial charge < -0.3 is 4.74 Å². The molecule has 0 N–H and O–H groups in total. The van der Waals surface area contributed by atoms with Gasteiger partial charge in [-0.15, -0.1) is 6.58 Å². The largest absolute Gasteiger partial charge is 0.494 e. The number of allylic oxidation sites excluding steroid dienone is 1. The Morgan fingerprint density at radius 3 is 2.50 bits per heavy atom. The standard InChI is InChI=1S/C11H13O/c1-3-5-10-6-8-11(9-7-10)12-4-2/h3,5-9H,1,4H2,2H3. The van der Waals surface area contributed by atoms with E-state index in [-0.39, 0.29) is 0 Å². The lowest BCUT2D eigenvalue weighted by Gasteiger charge is -2.02. The molecule has 0 aliphatic carbocycles. The van der Waals surface area contributed by atoms with Crippen LogP contribution in [-0.2, 0) is 0 Å². The maximum atomic E-state index is 5.30. The molecule has 0 aliphatic rings. The molecule has 1 nitrogen and oxygen atoms in total. The Morgan fingerprint density at radius 1 is 1.33 bits per heavy atom. The van der Waals surface area contributed by atoms with E-state index in [1.54, 1.807) is 6.08 Å². The maximum Gasteiger partial charge on any atom is 0.119 e. The van der Waals surface area contributed by atoms with Gasteiger partial charge in [-0.25, -0.2) is 0 Å². The summed E-state index contributed by atoms with van der Waals surface area (Å²) >= 11 is 0. The molecule has 1 radical (unpaired) electrons. The van der Waals surface area contributed by atoms with Crippen LogP contribution in [-0.4, -0.2) is 6.61 Å². The van der Waals surface area contributed by atoms with E-state index >= 15 is 0 Å². The number of benzene rings is 1. The van der Waals surface area contributed by atoms with Crippen LogP contribution < -0.4 is 4.74 Å². The van der Waals surface area contributed by atoms with Crippen LogP contribution in [0.2, 0.25) is 0 Å². The molecule has 0 unspecified atom stereocenters. The molecule has 0 amide bonds. The van der Waals surface area contributed by atoms with Crippen molar-refractivity contribution in [3.63, 3.8) is 0 Å².